The van der Waals surface area contributed by atoms with E-state index in [-0.39, 0.29) is 36.0 Å². The minimum Gasteiger partial charge on any atom is -0.354 e. The van der Waals surface area contributed by atoms with Gasteiger partial charge in [0.25, 0.3) is 0 Å². The molecule has 4 rings (SSSR count). The third-order valence-corrected chi connectivity index (χ3v) is 6.28. The lowest BCUT2D eigenvalue weighted by Crippen LogP contribution is -2.41. The van der Waals surface area contributed by atoms with Gasteiger partial charge in [0.05, 0.1) is 11.8 Å². The number of nitrogens with zero attached hydrogens (tertiary/aromatic N) is 2. The van der Waals surface area contributed by atoms with Crippen LogP contribution in [0.25, 0.3) is 11.1 Å². The summed E-state index contributed by atoms with van der Waals surface area (Å²) in [6.45, 7) is 3.86. The zero-order chi connectivity index (χ0) is 22.0. The summed E-state index contributed by atoms with van der Waals surface area (Å²) in [4.78, 5) is 40.8. The molecule has 2 fully saturated rings. The van der Waals surface area contributed by atoms with Crippen LogP contribution in [-0.4, -0.2) is 60.7 Å². The maximum absolute atomic E-state index is 13.0. The third-order valence-electron chi connectivity index (χ3n) is 6.28. The standard InChI is InChI=1S/C25H29N3O3/c1-17-4-3-5-20(12-17)19-8-6-18(7-9-19)13-21-16-28(11-10-26-24(21)30)25(31)22-14-23(29)27(2)15-22/h3-9,12,21-22H,10-11,13-16H2,1-2H3,(H,26,30)/t21-,22-/m1/s1. The Morgan fingerprint density at radius 3 is 2.52 bits per heavy atom. The summed E-state index contributed by atoms with van der Waals surface area (Å²) < 4.78 is 0. The molecule has 6 heteroatoms. The van der Waals surface area contributed by atoms with Crippen molar-refractivity contribution < 1.29 is 14.4 Å². The summed E-state index contributed by atoms with van der Waals surface area (Å²) >= 11 is 0. The Labute approximate surface area is 183 Å². The van der Waals surface area contributed by atoms with Crippen molar-refractivity contribution in [2.75, 3.05) is 33.2 Å². The Hall–Kier alpha value is -3.15. The Kier molecular flexibility index (Phi) is 6.07. The first-order valence-electron chi connectivity index (χ1n) is 10.9. The monoisotopic (exact) mass is 419 g/mol. The molecule has 2 saturated heterocycles. The molecule has 1 N–H and O–H groups in total. The first-order valence-corrected chi connectivity index (χ1v) is 10.9. The zero-order valence-corrected chi connectivity index (χ0v) is 18.1. The van der Waals surface area contributed by atoms with Gasteiger partial charge in [-0.15, -0.1) is 0 Å². The second kappa shape index (κ2) is 8.92. The van der Waals surface area contributed by atoms with Crippen LogP contribution in [0.15, 0.2) is 48.5 Å². The van der Waals surface area contributed by atoms with E-state index in [9.17, 15) is 14.4 Å². The van der Waals surface area contributed by atoms with Crippen LogP contribution in [-0.2, 0) is 20.8 Å². The van der Waals surface area contributed by atoms with Gasteiger partial charge in [0.2, 0.25) is 17.7 Å². The van der Waals surface area contributed by atoms with Crippen LogP contribution < -0.4 is 5.32 Å². The van der Waals surface area contributed by atoms with Crippen LogP contribution in [0.4, 0.5) is 0 Å². The molecule has 3 amide bonds. The van der Waals surface area contributed by atoms with E-state index in [0.29, 0.717) is 32.6 Å². The third kappa shape index (κ3) is 4.79. The Balaban J connectivity index is 1.44. The molecule has 0 aromatic heterocycles. The predicted octanol–water partition coefficient (Wildman–Crippen LogP) is 2.26. The van der Waals surface area contributed by atoms with Gasteiger partial charge in [0.1, 0.15) is 0 Å². The second-order valence-electron chi connectivity index (χ2n) is 8.72. The van der Waals surface area contributed by atoms with Crippen molar-refractivity contribution in [3.8, 4) is 11.1 Å². The van der Waals surface area contributed by atoms with Gasteiger partial charge in [-0.3, -0.25) is 14.4 Å². The molecule has 2 aliphatic heterocycles. The lowest BCUT2D eigenvalue weighted by molar-refractivity contribution is -0.136. The first kappa shape index (κ1) is 21.1. The predicted molar refractivity (Wildman–Crippen MR) is 119 cm³/mol. The molecule has 0 bridgehead atoms. The number of hydrogen-bond donors (Lipinski definition) is 1. The second-order valence-corrected chi connectivity index (χ2v) is 8.72. The lowest BCUT2D eigenvalue weighted by atomic mass is 9.95. The van der Waals surface area contributed by atoms with Crippen LogP contribution in [0.1, 0.15) is 17.5 Å². The van der Waals surface area contributed by atoms with Gasteiger partial charge < -0.3 is 15.1 Å². The molecule has 2 aliphatic rings. The maximum Gasteiger partial charge on any atom is 0.228 e. The summed E-state index contributed by atoms with van der Waals surface area (Å²) in [5.41, 5.74) is 4.61. The molecule has 2 aromatic rings. The highest BCUT2D eigenvalue weighted by molar-refractivity contribution is 5.90. The largest absolute Gasteiger partial charge is 0.354 e. The fourth-order valence-corrected chi connectivity index (χ4v) is 4.49. The summed E-state index contributed by atoms with van der Waals surface area (Å²) in [5.74, 6) is -0.634. The summed E-state index contributed by atoms with van der Waals surface area (Å²) in [6.07, 6.45) is 0.839. The van der Waals surface area contributed by atoms with E-state index in [1.54, 1.807) is 16.8 Å². The first-order chi connectivity index (χ1) is 14.9. The van der Waals surface area contributed by atoms with Crippen molar-refractivity contribution in [1.82, 2.24) is 15.1 Å². The number of carbonyl (C=O) groups excluding carboxylic acids is 3. The Morgan fingerprint density at radius 1 is 1.06 bits per heavy atom. The van der Waals surface area contributed by atoms with Crippen molar-refractivity contribution in [1.29, 1.82) is 0 Å². The number of benzene rings is 2. The number of rotatable bonds is 4. The lowest BCUT2D eigenvalue weighted by Gasteiger charge is -2.25. The average molecular weight is 420 g/mol. The van der Waals surface area contributed by atoms with Crippen molar-refractivity contribution in [2.24, 2.45) is 11.8 Å². The number of hydrogen-bond acceptors (Lipinski definition) is 3. The van der Waals surface area contributed by atoms with Crippen molar-refractivity contribution in [3.05, 3.63) is 59.7 Å². The van der Waals surface area contributed by atoms with Gasteiger partial charge in [0.15, 0.2) is 0 Å². The molecule has 0 spiro atoms. The molecule has 0 radical (unpaired) electrons. The number of carbonyl (C=O) groups is 3. The maximum atomic E-state index is 13.0. The van der Waals surface area contributed by atoms with Gasteiger partial charge in [0, 0.05) is 39.6 Å². The average Bonchev–Trinajstić information content (AvgIpc) is 2.99. The van der Waals surface area contributed by atoms with E-state index in [2.05, 4.69) is 60.8 Å². The summed E-state index contributed by atoms with van der Waals surface area (Å²) in [5, 5.41) is 2.94. The quantitative estimate of drug-likeness (QED) is 0.827. The van der Waals surface area contributed by atoms with E-state index >= 15 is 0 Å². The number of amides is 3. The minimum absolute atomic E-state index is 0.00706. The van der Waals surface area contributed by atoms with Crippen molar-refractivity contribution >= 4 is 17.7 Å². The highest BCUT2D eigenvalue weighted by atomic mass is 16.2. The van der Waals surface area contributed by atoms with Gasteiger partial charge in [-0.1, -0.05) is 54.1 Å². The number of nitrogens with one attached hydrogen (secondary N) is 1. The smallest absolute Gasteiger partial charge is 0.228 e. The number of likely N-dealkylation sites (tertiary alicyclic amines) is 1. The molecule has 31 heavy (non-hydrogen) atoms. The zero-order valence-electron chi connectivity index (χ0n) is 18.1. The molecule has 6 nitrogen and oxygen atoms in total. The highest BCUT2D eigenvalue weighted by Gasteiger charge is 2.36. The molecular weight excluding hydrogens is 390 g/mol. The summed E-state index contributed by atoms with van der Waals surface area (Å²) in [6, 6.07) is 16.7. The number of aryl methyl sites for hydroxylation is 1. The molecule has 2 aromatic carbocycles. The summed E-state index contributed by atoms with van der Waals surface area (Å²) in [7, 11) is 1.73. The van der Waals surface area contributed by atoms with Crippen LogP contribution in [0.3, 0.4) is 0 Å². The van der Waals surface area contributed by atoms with Gasteiger partial charge in [-0.2, -0.15) is 0 Å². The van der Waals surface area contributed by atoms with E-state index < -0.39 is 0 Å². The van der Waals surface area contributed by atoms with Crippen LogP contribution >= 0.6 is 0 Å². The van der Waals surface area contributed by atoms with E-state index in [1.165, 1.54) is 11.1 Å². The molecule has 162 valence electrons. The van der Waals surface area contributed by atoms with Crippen molar-refractivity contribution in [3.63, 3.8) is 0 Å². The molecule has 0 unspecified atom stereocenters. The fourth-order valence-electron chi connectivity index (χ4n) is 4.49. The van der Waals surface area contributed by atoms with Crippen molar-refractivity contribution in [2.45, 2.75) is 19.8 Å². The SMILES string of the molecule is Cc1cccc(-c2ccc(C[C@@H]3CN(C(=O)[C@@H]4CC(=O)N(C)C4)CCNC3=O)cc2)c1. The normalized spacial score (nSPS) is 21.7. The molecule has 0 saturated carbocycles. The van der Waals surface area contributed by atoms with Gasteiger partial charge >= 0.3 is 0 Å². The van der Waals surface area contributed by atoms with Gasteiger partial charge in [-0.05, 0) is 30.0 Å². The van der Waals surface area contributed by atoms with Crippen LogP contribution in [0, 0.1) is 18.8 Å². The molecule has 0 aliphatic carbocycles. The van der Waals surface area contributed by atoms with E-state index in [4.69, 9.17) is 0 Å². The van der Waals surface area contributed by atoms with Crippen LogP contribution in [0.2, 0.25) is 0 Å². The Morgan fingerprint density at radius 2 is 1.84 bits per heavy atom. The minimum atomic E-state index is -0.306. The van der Waals surface area contributed by atoms with Gasteiger partial charge in [-0.25, -0.2) is 0 Å². The van der Waals surface area contributed by atoms with Crippen LogP contribution in [0.5, 0.6) is 0 Å². The molecule has 2 atom stereocenters. The molecule has 2 heterocycles. The van der Waals surface area contributed by atoms with E-state index in [0.717, 1.165) is 11.1 Å². The highest BCUT2D eigenvalue weighted by Crippen LogP contribution is 2.24. The molecular formula is C25H29N3O3. The topological polar surface area (TPSA) is 69.7 Å². The fraction of sp³-hybridized carbons (Fsp3) is 0.400. The van der Waals surface area contributed by atoms with E-state index in [1.807, 2.05) is 0 Å². The Bertz CT molecular complexity index is 986.